The molecule has 0 saturated heterocycles. The first-order valence-corrected chi connectivity index (χ1v) is 8.75. The predicted octanol–water partition coefficient (Wildman–Crippen LogP) is 3.79. The van der Waals surface area contributed by atoms with Gasteiger partial charge in [-0.15, -0.1) is 10.2 Å². The number of fused-ring (bicyclic) bond motifs is 1. The van der Waals surface area contributed by atoms with Crippen LogP contribution in [0, 0.1) is 6.92 Å². The Morgan fingerprint density at radius 1 is 1.17 bits per heavy atom. The van der Waals surface area contributed by atoms with Gasteiger partial charge < -0.3 is 0 Å². The van der Waals surface area contributed by atoms with Gasteiger partial charge in [-0.05, 0) is 24.6 Å². The highest BCUT2D eigenvalue weighted by Gasteiger charge is 2.17. The third-order valence-corrected chi connectivity index (χ3v) is 5.56. The van der Waals surface area contributed by atoms with Crippen LogP contribution in [0.25, 0.3) is 15.5 Å². The summed E-state index contributed by atoms with van der Waals surface area (Å²) in [5.41, 5.74) is 2.87. The van der Waals surface area contributed by atoms with Crippen LogP contribution in [-0.4, -0.2) is 29.6 Å². The molecule has 122 valence electrons. The van der Waals surface area contributed by atoms with Crippen LogP contribution >= 0.6 is 34.5 Å². The molecule has 9 heteroatoms. The number of hydrogen-bond donors (Lipinski definition) is 0. The van der Waals surface area contributed by atoms with E-state index in [2.05, 4.69) is 20.4 Å². The SMILES string of the molecule is Cc1c(-c2nn3c(Cc4c(Cl)cccc4Cl)nnc3s2)cnn1C. The standard InChI is InChI=1S/C15H12Cl2N6S/c1-8-10(7-18-22(8)2)14-21-23-13(19-20-15(23)24-14)6-9-11(16)4-3-5-12(9)17/h3-5,7H,6H2,1-2H3. The Balaban J connectivity index is 1.77. The Kier molecular flexibility index (Phi) is 3.79. The van der Waals surface area contributed by atoms with Crippen molar-refractivity contribution in [1.29, 1.82) is 0 Å². The molecule has 4 aromatic rings. The van der Waals surface area contributed by atoms with Crippen molar-refractivity contribution in [3.8, 4) is 10.6 Å². The van der Waals surface area contributed by atoms with Crippen LogP contribution in [0.3, 0.4) is 0 Å². The molecule has 0 saturated carbocycles. The van der Waals surface area contributed by atoms with Crippen molar-refractivity contribution >= 4 is 39.5 Å². The summed E-state index contributed by atoms with van der Waals surface area (Å²) < 4.78 is 3.56. The molecule has 0 spiro atoms. The molecular weight excluding hydrogens is 367 g/mol. The van der Waals surface area contributed by atoms with E-state index >= 15 is 0 Å². The van der Waals surface area contributed by atoms with Gasteiger partial charge in [-0.1, -0.05) is 40.6 Å². The topological polar surface area (TPSA) is 60.9 Å². The highest BCUT2D eigenvalue weighted by Crippen LogP contribution is 2.30. The fourth-order valence-electron chi connectivity index (χ4n) is 2.44. The maximum atomic E-state index is 6.25. The second-order valence-electron chi connectivity index (χ2n) is 5.36. The van der Waals surface area contributed by atoms with Crippen LogP contribution < -0.4 is 0 Å². The molecule has 6 nitrogen and oxygen atoms in total. The molecule has 0 radical (unpaired) electrons. The average molecular weight is 379 g/mol. The van der Waals surface area contributed by atoms with E-state index in [-0.39, 0.29) is 0 Å². The largest absolute Gasteiger partial charge is 0.272 e. The minimum absolute atomic E-state index is 0.467. The second kappa shape index (κ2) is 5.84. The molecule has 0 atom stereocenters. The Morgan fingerprint density at radius 3 is 2.58 bits per heavy atom. The molecule has 0 aliphatic heterocycles. The van der Waals surface area contributed by atoms with E-state index < -0.39 is 0 Å². The summed E-state index contributed by atoms with van der Waals surface area (Å²) in [6.45, 7) is 2.01. The first kappa shape index (κ1) is 15.6. The summed E-state index contributed by atoms with van der Waals surface area (Å²) in [5.74, 6) is 0.698. The summed E-state index contributed by atoms with van der Waals surface area (Å²) in [6, 6.07) is 5.44. The first-order valence-electron chi connectivity index (χ1n) is 7.17. The van der Waals surface area contributed by atoms with E-state index in [1.807, 2.05) is 43.0 Å². The Hall–Kier alpha value is -1.96. The van der Waals surface area contributed by atoms with Crippen LogP contribution in [0.4, 0.5) is 0 Å². The molecule has 0 aliphatic carbocycles. The number of aryl methyl sites for hydroxylation is 1. The monoisotopic (exact) mass is 378 g/mol. The minimum Gasteiger partial charge on any atom is -0.272 e. The van der Waals surface area contributed by atoms with E-state index in [1.54, 1.807) is 4.52 Å². The zero-order chi connectivity index (χ0) is 16.8. The molecule has 24 heavy (non-hydrogen) atoms. The molecule has 1 aromatic carbocycles. The van der Waals surface area contributed by atoms with Crippen molar-refractivity contribution in [2.75, 3.05) is 0 Å². The van der Waals surface area contributed by atoms with Gasteiger partial charge in [-0.2, -0.15) is 14.7 Å². The van der Waals surface area contributed by atoms with Gasteiger partial charge in [0.1, 0.15) is 0 Å². The van der Waals surface area contributed by atoms with Crippen molar-refractivity contribution in [2.24, 2.45) is 7.05 Å². The number of halogens is 2. The van der Waals surface area contributed by atoms with E-state index in [9.17, 15) is 0 Å². The van der Waals surface area contributed by atoms with Gasteiger partial charge in [0.25, 0.3) is 0 Å². The number of hydrogen-bond acceptors (Lipinski definition) is 5. The van der Waals surface area contributed by atoms with E-state index in [0.29, 0.717) is 22.3 Å². The summed E-state index contributed by atoms with van der Waals surface area (Å²) in [6.07, 6.45) is 2.28. The molecule has 3 heterocycles. The van der Waals surface area contributed by atoms with Crippen molar-refractivity contribution in [3.05, 3.63) is 51.5 Å². The quantitative estimate of drug-likeness (QED) is 0.543. The zero-order valence-corrected chi connectivity index (χ0v) is 15.2. The Morgan fingerprint density at radius 2 is 1.92 bits per heavy atom. The molecule has 0 amide bonds. The molecule has 0 fully saturated rings. The minimum atomic E-state index is 0.467. The predicted molar refractivity (Wildman–Crippen MR) is 94.9 cm³/mol. The summed E-state index contributed by atoms with van der Waals surface area (Å²) >= 11 is 14.0. The van der Waals surface area contributed by atoms with Crippen molar-refractivity contribution in [2.45, 2.75) is 13.3 Å². The molecule has 0 bridgehead atoms. The smallest absolute Gasteiger partial charge is 0.234 e. The second-order valence-corrected chi connectivity index (χ2v) is 7.13. The average Bonchev–Trinajstić information content (AvgIpc) is 3.20. The fourth-order valence-corrected chi connectivity index (χ4v) is 3.90. The number of nitrogens with zero attached hydrogens (tertiary/aromatic N) is 6. The van der Waals surface area contributed by atoms with Gasteiger partial charge in [0.05, 0.1) is 11.8 Å². The van der Waals surface area contributed by atoms with Crippen LogP contribution in [0.2, 0.25) is 10.0 Å². The molecular formula is C15H12Cl2N6S. The molecule has 3 aromatic heterocycles. The van der Waals surface area contributed by atoms with Crippen molar-refractivity contribution < 1.29 is 0 Å². The number of benzene rings is 1. The molecule has 0 aliphatic rings. The summed E-state index contributed by atoms with van der Waals surface area (Å²) in [7, 11) is 1.91. The maximum Gasteiger partial charge on any atom is 0.234 e. The maximum absolute atomic E-state index is 6.25. The van der Waals surface area contributed by atoms with Crippen molar-refractivity contribution in [3.63, 3.8) is 0 Å². The van der Waals surface area contributed by atoms with E-state index in [0.717, 1.165) is 26.8 Å². The number of aromatic nitrogens is 6. The normalized spacial score (nSPS) is 11.5. The lowest BCUT2D eigenvalue weighted by atomic mass is 10.1. The third-order valence-electron chi connectivity index (χ3n) is 3.92. The lowest BCUT2D eigenvalue weighted by Gasteiger charge is -2.04. The highest BCUT2D eigenvalue weighted by atomic mass is 35.5. The summed E-state index contributed by atoms with van der Waals surface area (Å²) in [4.78, 5) is 0.728. The summed E-state index contributed by atoms with van der Waals surface area (Å²) in [5, 5.41) is 19.4. The van der Waals surface area contributed by atoms with Gasteiger partial charge in [-0.3, -0.25) is 4.68 Å². The van der Waals surface area contributed by atoms with Gasteiger partial charge >= 0.3 is 0 Å². The number of rotatable bonds is 3. The first-order chi connectivity index (χ1) is 11.5. The van der Waals surface area contributed by atoms with Gasteiger partial charge in [0.15, 0.2) is 10.8 Å². The van der Waals surface area contributed by atoms with Gasteiger partial charge in [0, 0.05) is 29.2 Å². The van der Waals surface area contributed by atoms with Crippen LogP contribution in [-0.2, 0) is 13.5 Å². The zero-order valence-electron chi connectivity index (χ0n) is 12.9. The molecule has 4 rings (SSSR count). The Labute approximate surface area is 151 Å². The van der Waals surface area contributed by atoms with E-state index in [4.69, 9.17) is 23.2 Å². The highest BCUT2D eigenvalue weighted by molar-refractivity contribution is 7.19. The Bertz CT molecular complexity index is 1030. The van der Waals surface area contributed by atoms with Crippen LogP contribution in [0.1, 0.15) is 17.1 Å². The van der Waals surface area contributed by atoms with Gasteiger partial charge in [-0.25, -0.2) is 0 Å². The lowest BCUT2D eigenvalue weighted by molar-refractivity contribution is 0.740. The molecule has 0 unspecified atom stereocenters. The van der Waals surface area contributed by atoms with Crippen LogP contribution in [0.5, 0.6) is 0 Å². The lowest BCUT2D eigenvalue weighted by Crippen LogP contribution is -1.99. The fraction of sp³-hybridized carbons (Fsp3) is 0.200. The van der Waals surface area contributed by atoms with Crippen molar-refractivity contribution in [1.82, 2.24) is 29.6 Å². The van der Waals surface area contributed by atoms with Gasteiger partial charge in [0.2, 0.25) is 4.96 Å². The third kappa shape index (κ3) is 2.49. The van der Waals surface area contributed by atoms with E-state index in [1.165, 1.54) is 11.3 Å². The van der Waals surface area contributed by atoms with Crippen LogP contribution in [0.15, 0.2) is 24.4 Å². The molecule has 0 N–H and O–H groups in total.